The molecule has 3 fully saturated rings. The van der Waals surface area contributed by atoms with Crippen molar-refractivity contribution in [2.45, 2.75) is 12.8 Å². The van der Waals surface area contributed by atoms with Crippen molar-refractivity contribution in [3.63, 3.8) is 0 Å². The van der Waals surface area contributed by atoms with Gasteiger partial charge in [-0.3, -0.25) is 0 Å². The summed E-state index contributed by atoms with van der Waals surface area (Å²) >= 11 is 0. The van der Waals surface area contributed by atoms with E-state index in [1.54, 1.807) is 0 Å². The Morgan fingerprint density at radius 1 is 1.47 bits per heavy atom. The van der Waals surface area contributed by atoms with Gasteiger partial charge in [0.15, 0.2) is 5.71 Å². The fourth-order valence-electron chi connectivity index (χ4n) is 2.54. The van der Waals surface area contributed by atoms with Gasteiger partial charge in [-0.2, -0.15) is 5.26 Å². The molecule has 0 N–H and O–H groups in total. The van der Waals surface area contributed by atoms with E-state index in [1.807, 2.05) is 0 Å². The third kappa shape index (κ3) is 2.42. The average molecular weight is 230 g/mol. The van der Waals surface area contributed by atoms with E-state index in [-0.39, 0.29) is 12.4 Å². The van der Waals surface area contributed by atoms with Gasteiger partial charge in [0, 0.05) is 12.5 Å². The lowest BCUT2D eigenvalue weighted by Gasteiger charge is -2.43. The molecule has 3 rings (SSSR count). The van der Waals surface area contributed by atoms with Crippen LogP contribution in [-0.4, -0.2) is 37.4 Å². The van der Waals surface area contributed by atoms with E-state index >= 15 is 0 Å². The van der Waals surface area contributed by atoms with Crippen LogP contribution in [0.2, 0.25) is 0 Å². The Morgan fingerprint density at radius 3 is 2.53 bits per heavy atom. The van der Waals surface area contributed by atoms with Crippen molar-refractivity contribution in [1.82, 2.24) is 4.90 Å². The third-order valence-electron chi connectivity index (χ3n) is 3.31. The molecule has 0 aromatic rings. The van der Waals surface area contributed by atoms with Crippen molar-refractivity contribution >= 4 is 18.1 Å². The zero-order valence-corrected chi connectivity index (χ0v) is 9.66. The van der Waals surface area contributed by atoms with Crippen LogP contribution in [0.3, 0.4) is 0 Å². The first-order chi connectivity index (χ1) is 6.85. The maximum Gasteiger partial charge on any atom is 0.161 e. The normalized spacial score (nSPS) is 34.1. The molecule has 0 saturated carbocycles. The molecule has 0 aliphatic carbocycles. The zero-order valence-electron chi connectivity index (χ0n) is 8.85. The van der Waals surface area contributed by atoms with Gasteiger partial charge in [0.2, 0.25) is 0 Å². The molecule has 0 aromatic carbocycles. The molecule has 15 heavy (non-hydrogen) atoms. The first-order valence-electron chi connectivity index (χ1n) is 5.08. The molecule has 84 valence electrons. The topological polar surface area (TPSA) is 48.6 Å². The number of fused-ring (bicyclic) bond motifs is 3. The van der Waals surface area contributed by atoms with E-state index in [1.165, 1.54) is 33.0 Å². The Hall–Kier alpha value is -0.790. The summed E-state index contributed by atoms with van der Waals surface area (Å²) in [6.45, 7) is 3.36. The van der Waals surface area contributed by atoms with E-state index in [0.29, 0.717) is 17.5 Å². The van der Waals surface area contributed by atoms with Gasteiger partial charge in [0.05, 0.1) is 0 Å². The number of hydrogen-bond acceptors (Lipinski definition) is 4. The number of piperidine rings is 3. The van der Waals surface area contributed by atoms with Crippen LogP contribution in [0.1, 0.15) is 12.8 Å². The number of halogens is 1. The van der Waals surface area contributed by atoms with Gasteiger partial charge in [0.1, 0.15) is 13.2 Å². The minimum absolute atomic E-state index is 0. The van der Waals surface area contributed by atoms with Crippen LogP contribution < -0.4 is 0 Å². The van der Waals surface area contributed by atoms with E-state index in [2.05, 4.69) is 16.1 Å². The molecule has 0 aromatic heterocycles. The second-order valence-electron chi connectivity index (χ2n) is 4.02. The van der Waals surface area contributed by atoms with Gasteiger partial charge in [-0.15, -0.1) is 12.4 Å². The average Bonchev–Trinajstić information content (AvgIpc) is 2.27. The molecule has 1 unspecified atom stereocenters. The van der Waals surface area contributed by atoms with Crippen molar-refractivity contribution < 1.29 is 4.84 Å². The second kappa shape index (κ2) is 5.34. The Balaban J connectivity index is 0.00000112. The summed E-state index contributed by atoms with van der Waals surface area (Å²) in [5, 5.41) is 12.8. The summed E-state index contributed by atoms with van der Waals surface area (Å²) in [6.07, 6.45) is 2.41. The standard InChI is InChI=1S/C10H15N3O.ClH/c1-14-12-10(6-11)9-7-13-4-2-8(9)3-5-13;/h8-9H,2-5,7H2,1H3;1H/b12-10+;. The van der Waals surface area contributed by atoms with Crippen molar-refractivity contribution in [2.75, 3.05) is 26.7 Å². The summed E-state index contributed by atoms with van der Waals surface area (Å²) in [5.41, 5.74) is 0.571. The van der Waals surface area contributed by atoms with E-state index < -0.39 is 0 Å². The summed E-state index contributed by atoms with van der Waals surface area (Å²) < 4.78 is 0. The molecule has 0 radical (unpaired) electrons. The molecular formula is C10H16ClN3O. The van der Waals surface area contributed by atoms with Crippen LogP contribution >= 0.6 is 12.4 Å². The first kappa shape index (κ1) is 12.3. The lowest BCUT2D eigenvalue weighted by molar-refractivity contribution is 0.0800. The van der Waals surface area contributed by atoms with Crippen molar-refractivity contribution in [3.05, 3.63) is 0 Å². The number of nitriles is 1. The zero-order chi connectivity index (χ0) is 9.97. The maximum absolute atomic E-state index is 8.96. The van der Waals surface area contributed by atoms with Crippen molar-refractivity contribution in [2.24, 2.45) is 17.0 Å². The van der Waals surface area contributed by atoms with Crippen LogP contribution in [0.4, 0.5) is 0 Å². The van der Waals surface area contributed by atoms with Crippen LogP contribution in [0.5, 0.6) is 0 Å². The van der Waals surface area contributed by atoms with Crippen LogP contribution in [0, 0.1) is 23.2 Å². The monoisotopic (exact) mass is 229 g/mol. The third-order valence-corrected chi connectivity index (χ3v) is 3.31. The first-order valence-corrected chi connectivity index (χ1v) is 5.08. The highest BCUT2D eigenvalue weighted by molar-refractivity contribution is 6.00. The predicted octanol–water partition coefficient (Wildman–Crippen LogP) is 1.28. The largest absolute Gasteiger partial charge is 0.398 e. The highest BCUT2D eigenvalue weighted by Crippen LogP contribution is 2.33. The van der Waals surface area contributed by atoms with E-state index in [0.717, 1.165) is 6.54 Å². The summed E-state index contributed by atoms with van der Waals surface area (Å²) in [5.74, 6) is 0.955. The van der Waals surface area contributed by atoms with Crippen LogP contribution in [-0.2, 0) is 4.84 Å². The van der Waals surface area contributed by atoms with Crippen LogP contribution in [0.15, 0.2) is 5.16 Å². The van der Waals surface area contributed by atoms with Gasteiger partial charge in [-0.05, 0) is 31.8 Å². The maximum atomic E-state index is 8.96. The second-order valence-corrected chi connectivity index (χ2v) is 4.02. The van der Waals surface area contributed by atoms with Gasteiger partial charge < -0.3 is 9.74 Å². The summed E-state index contributed by atoms with van der Waals surface area (Å²) in [7, 11) is 1.50. The predicted molar refractivity (Wildman–Crippen MR) is 60.0 cm³/mol. The molecule has 1 atom stereocenters. The highest BCUT2D eigenvalue weighted by Gasteiger charge is 2.37. The minimum Gasteiger partial charge on any atom is -0.398 e. The lowest BCUT2D eigenvalue weighted by Crippen LogP contribution is -2.49. The fraction of sp³-hybridized carbons (Fsp3) is 0.800. The van der Waals surface area contributed by atoms with Crippen molar-refractivity contribution in [3.8, 4) is 6.07 Å². The number of nitrogens with zero attached hydrogens (tertiary/aromatic N) is 3. The SMILES string of the molecule is CO/N=C(\C#N)C1CN2CCC1CC2.Cl. The molecule has 4 nitrogen and oxygen atoms in total. The number of rotatable bonds is 2. The van der Waals surface area contributed by atoms with Gasteiger partial charge in [-0.25, -0.2) is 0 Å². The van der Waals surface area contributed by atoms with Gasteiger partial charge in [0.25, 0.3) is 0 Å². The molecule has 2 bridgehead atoms. The Morgan fingerprint density at radius 2 is 2.13 bits per heavy atom. The summed E-state index contributed by atoms with van der Waals surface area (Å²) in [6, 6.07) is 2.16. The highest BCUT2D eigenvalue weighted by atomic mass is 35.5. The van der Waals surface area contributed by atoms with E-state index in [9.17, 15) is 0 Å². The van der Waals surface area contributed by atoms with Crippen molar-refractivity contribution in [1.29, 1.82) is 5.26 Å². The summed E-state index contributed by atoms with van der Waals surface area (Å²) in [4.78, 5) is 7.11. The fourth-order valence-corrected chi connectivity index (χ4v) is 2.54. The molecule has 0 amide bonds. The number of oxime groups is 1. The smallest absolute Gasteiger partial charge is 0.161 e. The molecule has 3 heterocycles. The van der Waals surface area contributed by atoms with Gasteiger partial charge >= 0.3 is 0 Å². The number of hydrogen-bond donors (Lipinski definition) is 0. The minimum atomic E-state index is 0. The molecular weight excluding hydrogens is 214 g/mol. The molecule has 5 heteroatoms. The lowest BCUT2D eigenvalue weighted by atomic mass is 9.77. The molecule has 3 saturated heterocycles. The molecule has 3 aliphatic heterocycles. The quantitative estimate of drug-likeness (QED) is 0.529. The Kier molecular flexibility index (Phi) is 4.37. The molecule has 3 aliphatic rings. The van der Waals surface area contributed by atoms with E-state index in [4.69, 9.17) is 10.1 Å². The Bertz CT molecular complexity index is 279. The van der Waals surface area contributed by atoms with Crippen LogP contribution in [0.25, 0.3) is 0 Å². The van der Waals surface area contributed by atoms with Gasteiger partial charge in [-0.1, -0.05) is 5.16 Å². The Labute approximate surface area is 96.3 Å². The molecule has 0 spiro atoms.